The number of amides is 1. The summed E-state index contributed by atoms with van der Waals surface area (Å²) in [5.41, 5.74) is 0. The van der Waals surface area contributed by atoms with Gasteiger partial charge in [0, 0.05) is 6.54 Å². The van der Waals surface area contributed by atoms with Crippen LogP contribution >= 0.6 is 0 Å². The van der Waals surface area contributed by atoms with Crippen molar-refractivity contribution in [3.63, 3.8) is 0 Å². The van der Waals surface area contributed by atoms with Crippen LogP contribution in [0.25, 0.3) is 0 Å². The van der Waals surface area contributed by atoms with Crippen molar-refractivity contribution in [3.05, 3.63) is 0 Å². The predicted octanol–water partition coefficient (Wildman–Crippen LogP) is 0.536. The molecule has 9 heavy (non-hydrogen) atoms. The Morgan fingerprint density at radius 1 is 1.67 bits per heavy atom. The molecule has 1 amide bonds. The number of rotatable bonds is 2. The van der Waals surface area contributed by atoms with E-state index in [9.17, 15) is 4.79 Å². The predicted molar refractivity (Wildman–Crippen MR) is 36.8 cm³/mol. The maximum Gasteiger partial charge on any atom is 0.232 e. The Kier molecular flexibility index (Phi) is 4.61. The normalized spacial score (nSPS) is 7.33. The summed E-state index contributed by atoms with van der Waals surface area (Å²) in [7, 11) is 0. The molecule has 0 aliphatic carbocycles. The van der Waals surface area contributed by atoms with Gasteiger partial charge in [-0.1, -0.05) is 5.92 Å². The van der Waals surface area contributed by atoms with E-state index in [1.807, 2.05) is 6.92 Å². The van der Waals surface area contributed by atoms with Crippen LogP contribution in [0.3, 0.4) is 0 Å². The van der Waals surface area contributed by atoms with Crippen molar-refractivity contribution in [3.8, 4) is 11.8 Å². The molecule has 0 aromatic carbocycles. The smallest absolute Gasteiger partial charge is 0.232 e. The molecule has 0 aromatic rings. The first-order chi connectivity index (χ1) is 4.31. The lowest BCUT2D eigenvalue weighted by molar-refractivity contribution is -0.119. The molecule has 0 aromatic heterocycles. The molecule has 50 valence electrons. The molecule has 0 fully saturated rings. The van der Waals surface area contributed by atoms with Crippen LogP contribution in [0.5, 0.6) is 0 Å². The number of nitrogens with one attached hydrogen (secondary N) is 1. The number of hydrogen-bond acceptors (Lipinski definition) is 1. The molecule has 0 atom stereocenters. The van der Waals surface area contributed by atoms with Gasteiger partial charge in [0.2, 0.25) is 5.91 Å². The Morgan fingerprint density at radius 3 is 2.78 bits per heavy atom. The summed E-state index contributed by atoms with van der Waals surface area (Å²) in [6, 6.07) is 0. The van der Waals surface area contributed by atoms with Crippen molar-refractivity contribution < 1.29 is 4.79 Å². The third kappa shape index (κ3) is 4.89. The Bertz CT molecular complexity index is 141. The number of carbonyl (C=O) groups excluding carboxylic acids is 1. The van der Waals surface area contributed by atoms with Gasteiger partial charge in [-0.15, -0.1) is 5.92 Å². The van der Waals surface area contributed by atoms with Crippen LogP contribution in [-0.2, 0) is 4.79 Å². The van der Waals surface area contributed by atoms with Crippen LogP contribution in [0, 0.1) is 11.8 Å². The first-order valence-corrected chi connectivity index (χ1v) is 2.97. The highest BCUT2D eigenvalue weighted by atomic mass is 16.1. The molecule has 0 saturated heterocycles. The maximum atomic E-state index is 10.6. The monoisotopic (exact) mass is 125 g/mol. The average molecular weight is 125 g/mol. The Hall–Kier alpha value is -0.970. The van der Waals surface area contributed by atoms with E-state index in [4.69, 9.17) is 0 Å². The molecule has 2 nitrogen and oxygen atoms in total. The highest BCUT2D eigenvalue weighted by molar-refractivity contribution is 5.78. The number of hydrogen-bond donors (Lipinski definition) is 1. The highest BCUT2D eigenvalue weighted by Gasteiger charge is 1.91. The van der Waals surface area contributed by atoms with Gasteiger partial charge in [0.1, 0.15) is 0 Å². The number of carbonyl (C=O) groups is 1. The van der Waals surface area contributed by atoms with Gasteiger partial charge in [-0.05, 0) is 13.8 Å². The van der Waals surface area contributed by atoms with E-state index < -0.39 is 0 Å². The largest absolute Gasteiger partial charge is 0.356 e. The summed E-state index contributed by atoms with van der Waals surface area (Å²) < 4.78 is 0. The molecule has 0 radical (unpaired) electrons. The molecular formula is C7H11NO. The van der Waals surface area contributed by atoms with Crippen LogP contribution in [0.2, 0.25) is 0 Å². The molecule has 1 N–H and O–H groups in total. The maximum absolute atomic E-state index is 10.6. The van der Waals surface area contributed by atoms with E-state index in [-0.39, 0.29) is 5.91 Å². The minimum Gasteiger partial charge on any atom is -0.356 e. The van der Waals surface area contributed by atoms with Gasteiger partial charge in [0.05, 0.1) is 6.42 Å². The lowest BCUT2D eigenvalue weighted by Crippen LogP contribution is -2.21. The van der Waals surface area contributed by atoms with E-state index in [0.29, 0.717) is 13.0 Å². The topological polar surface area (TPSA) is 29.1 Å². The molecule has 0 aliphatic heterocycles. The van der Waals surface area contributed by atoms with Crippen molar-refractivity contribution in [2.24, 2.45) is 0 Å². The fourth-order valence-electron chi connectivity index (χ4n) is 0.428. The van der Waals surface area contributed by atoms with E-state index in [1.165, 1.54) is 0 Å². The first kappa shape index (κ1) is 8.03. The van der Waals surface area contributed by atoms with Crippen molar-refractivity contribution in [1.29, 1.82) is 0 Å². The SMILES string of the molecule is CC#CCC(=O)NCC. The van der Waals surface area contributed by atoms with Crippen LogP contribution < -0.4 is 5.32 Å². The van der Waals surface area contributed by atoms with Gasteiger partial charge in [-0.3, -0.25) is 4.79 Å². The molecule has 0 rings (SSSR count). The van der Waals surface area contributed by atoms with Crippen molar-refractivity contribution in [2.45, 2.75) is 20.3 Å². The van der Waals surface area contributed by atoms with Gasteiger partial charge >= 0.3 is 0 Å². The summed E-state index contributed by atoms with van der Waals surface area (Å²) in [4.78, 5) is 10.6. The third-order valence-electron chi connectivity index (χ3n) is 0.800. The second-order valence-corrected chi connectivity index (χ2v) is 1.56. The van der Waals surface area contributed by atoms with E-state index >= 15 is 0 Å². The lowest BCUT2D eigenvalue weighted by Gasteiger charge is -1.93. The fraction of sp³-hybridized carbons (Fsp3) is 0.571. The quantitative estimate of drug-likeness (QED) is 0.536. The Morgan fingerprint density at radius 2 is 2.33 bits per heavy atom. The molecule has 0 bridgehead atoms. The van der Waals surface area contributed by atoms with Crippen LogP contribution in [0.1, 0.15) is 20.3 Å². The summed E-state index contributed by atoms with van der Waals surface area (Å²) in [5, 5.41) is 2.64. The van der Waals surface area contributed by atoms with Crippen molar-refractivity contribution in [2.75, 3.05) is 6.54 Å². The molecule has 0 heterocycles. The van der Waals surface area contributed by atoms with Crippen molar-refractivity contribution in [1.82, 2.24) is 5.32 Å². The standard InChI is InChI=1S/C7H11NO/c1-3-5-6-7(9)8-4-2/h4,6H2,1-2H3,(H,8,9). The summed E-state index contributed by atoms with van der Waals surface area (Å²) in [6.07, 6.45) is 0.324. The Labute approximate surface area is 55.6 Å². The highest BCUT2D eigenvalue weighted by Crippen LogP contribution is 1.73. The molecule has 0 unspecified atom stereocenters. The molecule has 0 aliphatic rings. The van der Waals surface area contributed by atoms with Crippen LogP contribution in [0.15, 0.2) is 0 Å². The second-order valence-electron chi connectivity index (χ2n) is 1.56. The van der Waals surface area contributed by atoms with E-state index in [2.05, 4.69) is 17.2 Å². The van der Waals surface area contributed by atoms with Gasteiger partial charge in [-0.2, -0.15) is 0 Å². The zero-order valence-corrected chi connectivity index (χ0v) is 5.82. The fourth-order valence-corrected chi connectivity index (χ4v) is 0.428. The third-order valence-corrected chi connectivity index (χ3v) is 0.800. The zero-order valence-electron chi connectivity index (χ0n) is 5.82. The minimum absolute atomic E-state index is 0.00634. The van der Waals surface area contributed by atoms with Crippen LogP contribution in [0.4, 0.5) is 0 Å². The average Bonchev–Trinajstić information content (AvgIpc) is 1.85. The van der Waals surface area contributed by atoms with Crippen LogP contribution in [-0.4, -0.2) is 12.5 Å². The summed E-state index contributed by atoms with van der Waals surface area (Å²) in [5.74, 6) is 5.32. The first-order valence-electron chi connectivity index (χ1n) is 2.97. The molecule has 0 spiro atoms. The summed E-state index contributed by atoms with van der Waals surface area (Å²) in [6.45, 7) is 4.29. The molecule has 0 saturated carbocycles. The van der Waals surface area contributed by atoms with E-state index in [1.54, 1.807) is 6.92 Å². The zero-order chi connectivity index (χ0) is 7.11. The van der Waals surface area contributed by atoms with Gasteiger partial charge in [0.25, 0.3) is 0 Å². The van der Waals surface area contributed by atoms with E-state index in [0.717, 1.165) is 0 Å². The lowest BCUT2D eigenvalue weighted by atomic mass is 10.4. The van der Waals surface area contributed by atoms with Gasteiger partial charge in [0.15, 0.2) is 0 Å². The minimum atomic E-state index is 0.00634. The second kappa shape index (κ2) is 5.17. The van der Waals surface area contributed by atoms with Crippen molar-refractivity contribution >= 4 is 5.91 Å². The molecule has 2 heteroatoms. The van der Waals surface area contributed by atoms with Gasteiger partial charge in [-0.25, -0.2) is 0 Å². The van der Waals surface area contributed by atoms with Gasteiger partial charge < -0.3 is 5.32 Å². The molecular weight excluding hydrogens is 114 g/mol. The summed E-state index contributed by atoms with van der Waals surface area (Å²) >= 11 is 0. The Balaban J connectivity index is 3.35.